The van der Waals surface area contributed by atoms with Crippen molar-refractivity contribution in [2.45, 2.75) is 17.3 Å². The minimum Gasteiger partial charge on any atom is -0.374 e. The topological polar surface area (TPSA) is 132 Å². The summed E-state index contributed by atoms with van der Waals surface area (Å²) in [5.74, 6) is -0.291. The third kappa shape index (κ3) is 4.53. The van der Waals surface area contributed by atoms with E-state index in [9.17, 15) is 16.8 Å². The van der Waals surface area contributed by atoms with E-state index in [2.05, 4.69) is 14.9 Å². The molecule has 17 heavy (non-hydrogen) atoms. The fourth-order valence-corrected chi connectivity index (χ4v) is 4.27. The van der Waals surface area contributed by atoms with Gasteiger partial charge in [-0.1, -0.05) is 11.3 Å². The van der Waals surface area contributed by atoms with Crippen LogP contribution in [0.3, 0.4) is 0 Å². The molecule has 0 aliphatic rings. The quantitative estimate of drug-likeness (QED) is 0.700. The van der Waals surface area contributed by atoms with E-state index in [4.69, 9.17) is 5.73 Å². The first-order chi connectivity index (χ1) is 7.60. The van der Waals surface area contributed by atoms with Gasteiger partial charge in [0.2, 0.25) is 9.47 Å². The summed E-state index contributed by atoms with van der Waals surface area (Å²) < 4.78 is 47.3. The van der Waals surface area contributed by atoms with Crippen LogP contribution in [0.1, 0.15) is 6.92 Å². The highest BCUT2D eigenvalue weighted by Crippen LogP contribution is 2.16. The Morgan fingerprint density at radius 2 is 1.94 bits per heavy atom. The van der Waals surface area contributed by atoms with E-state index in [0.717, 1.165) is 6.26 Å². The molecule has 0 amide bonds. The number of hydrogen-bond acceptors (Lipinski definition) is 8. The molecule has 1 rings (SSSR count). The molecule has 0 fully saturated rings. The molecule has 0 bridgehead atoms. The average molecular weight is 300 g/mol. The molecule has 0 radical (unpaired) electrons. The number of nitrogens with two attached hydrogens (primary N) is 1. The van der Waals surface area contributed by atoms with Crippen LogP contribution in [0.5, 0.6) is 0 Å². The van der Waals surface area contributed by atoms with E-state index >= 15 is 0 Å². The predicted molar refractivity (Wildman–Crippen MR) is 63.8 cm³/mol. The molecule has 1 atom stereocenters. The lowest BCUT2D eigenvalue weighted by molar-refractivity contribution is 0.563. The highest BCUT2D eigenvalue weighted by Gasteiger charge is 2.23. The molecule has 1 aromatic heterocycles. The third-order valence-corrected chi connectivity index (χ3v) is 5.38. The molecule has 1 aromatic rings. The van der Waals surface area contributed by atoms with Crippen molar-refractivity contribution in [3.63, 3.8) is 0 Å². The Balaban J connectivity index is 2.81. The Bertz CT molecular complexity index is 591. The normalized spacial score (nSPS) is 14.7. The zero-order valence-corrected chi connectivity index (χ0v) is 11.6. The molecule has 1 heterocycles. The lowest BCUT2D eigenvalue weighted by Gasteiger charge is -2.10. The first-order valence-electron chi connectivity index (χ1n) is 4.39. The largest absolute Gasteiger partial charge is 0.374 e. The number of sulfone groups is 1. The minimum atomic E-state index is -3.86. The van der Waals surface area contributed by atoms with Crippen LogP contribution in [0.4, 0.5) is 5.13 Å². The molecule has 1 unspecified atom stereocenters. The fourth-order valence-electron chi connectivity index (χ4n) is 1.13. The van der Waals surface area contributed by atoms with Gasteiger partial charge in [-0.2, -0.15) is 0 Å². The van der Waals surface area contributed by atoms with Gasteiger partial charge in [-0.3, -0.25) is 0 Å². The van der Waals surface area contributed by atoms with E-state index in [1.165, 1.54) is 6.92 Å². The van der Waals surface area contributed by atoms with E-state index < -0.39 is 25.9 Å². The maximum Gasteiger partial charge on any atom is 0.270 e. The van der Waals surface area contributed by atoms with Gasteiger partial charge in [-0.15, -0.1) is 10.2 Å². The van der Waals surface area contributed by atoms with Crippen molar-refractivity contribution in [2.75, 3.05) is 17.7 Å². The first kappa shape index (κ1) is 14.3. The molecule has 0 aliphatic carbocycles. The van der Waals surface area contributed by atoms with Crippen molar-refractivity contribution in [1.82, 2.24) is 14.9 Å². The number of sulfonamides is 1. The molecular formula is C6H12N4O4S3. The Labute approximate surface area is 103 Å². The van der Waals surface area contributed by atoms with Gasteiger partial charge in [-0.25, -0.2) is 21.6 Å². The van der Waals surface area contributed by atoms with E-state index in [1.54, 1.807) is 0 Å². The number of aromatic nitrogens is 2. The van der Waals surface area contributed by atoms with Gasteiger partial charge in [0, 0.05) is 12.3 Å². The SMILES string of the molecule is CC(CS(C)(=O)=O)NS(=O)(=O)c1nnc(N)s1. The number of rotatable bonds is 5. The van der Waals surface area contributed by atoms with Gasteiger partial charge in [0.1, 0.15) is 9.84 Å². The molecule has 0 saturated carbocycles. The molecular weight excluding hydrogens is 288 g/mol. The molecule has 0 aromatic carbocycles. The highest BCUT2D eigenvalue weighted by atomic mass is 32.2. The standard InChI is InChI=1S/C6H12N4O4S3/c1-4(3-16(2,11)12)10-17(13,14)6-9-8-5(7)15-6/h4,10H,3H2,1-2H3,(H2,7,8). The Kier molecular flexibility index (Phi) is 4.06. The van der Waals surface area contributed by atoms with Crippen LogP contribution < -0.4 is 10.5 Å². The Morgan fingerprint density at radius 3 is 2.35 bits per heavy atom. The van der Waals surface area contributed by atoms with Gasteiger partial charge in [0.05, 0.1) is 5.75 Å². The van der Waals surface area contributed by atoms with Crippen LogP contribution >= 0.6 is 11.3 Å². The maximum absolute atomic E-state index is 11.7. The van der Waals surface area contributed by atoms with Crippen molar-refractivity contribution in [2.24, 2.45) is 0 Å². The summed E-state index contributed by atoms with van der Waals surface area (Å²) in [7, 11) is -7.12. The van der Waals surface area contributed by atoms with E-state index in [-0.39, 0.29) is 15.2 Å². The van der Waals surface area contributed by atoms with Crippen LogP contribution in [0, 0.1) is 0 Å². The van der Waals surface area contributed by atoms with Crippen LogP contribution in [-0.2, 0) is 19.9 Å². The maximum atomic E-state index is 11.7. The Hall–Kier alpha value is -0.780. The van der Waals surface area contributed by atoms with Crippen LogP contribution in [0.25, 0.3) is 0 Å². The summed E-state index contributed by atoms with van der Waals surface area (Å²) in [6.07, 6.45) is 1.03. The van der Waals surface area contributed by atoms with Gasteiger partial charge in [0.15, 0.2) is 0 Å². The summed E-state index contributed by atoms with van der Waals surface area (Å²) in [5, 5.41) is 6.78. The van der Waals surface area contributed by atoms with Crippen molar-refractivity contribution in [1.29, 1.82) is 0 Å². The smallest absolute Gasteiger partial charge is 0.270 e. The lowest BCUT2D eigenvalue weighted by Crippen LogP contribution is -2.37. The van der Waals surface area contributed by atoms with Gasteiger partial charge < -0.3 is 5.73 Å². The number of nitrogen functional groups attached to an aromatic ring is 1. The number of hydrogen-bond donors (Lipinski definition) is 2. The number of nitrogens with one attached hydrogen (secondary N) is 1. The lowest BCUT2D eigenvalue weighted by atomic mass is 10.4. The van der Waals surface area contributed by atoms with Crippen molar-refractivity contribution in [3.8, 4) is 0 Å². The minimum absolute atomic E-state index is 0.0288. The second-order valence-electron chi connectivity index (χ2n) is 3.52. The van der Waals surface area contributed by atoms with Crippen LogP contribution in [-0.4, -0.2) is 45.1 Å². The molecule has 8 nitrogen and oxygen atoms in total. The number of nitrogens with zero attached hydrogens (tertiary/aromatic N) is 2. The van der Waals surface area contributed by atoms with E-state index in [1.807, 2.05) is 0 Å². The molecule has 0 saturated heterocycles. The molecule has 3 N–H and O–H groups in total. The highest BCUT2D eigenvalue weighted by molar-refractivity contribution is 7.92. The fraction of sp³-hybridized carbons (Fsp3) is 0.667. The van der Waals surface area contributed by atoms with Crippen molar-refractivity contribution in [3.05, 3.63) is 0 Å². The summed E-state index contributed by atoms with van der Waals surface area (Å²) in [6, 6.07) is -0.750. The molecule has 0 aliphatic heterocycles. The summed E-state index contributed by atoms with van der Waals surface area (Å²) >= 11 is 0.710. The second-order valence-corrected chi connectivity index (χ2v) is 8.60. The number of anilines is 1. The second kappa shape index (κ2) is 4.84. The molecule has 11 heteroatoms. The van der Waals surface area contributed by atoms with Crippen molar-refractivity contribution < 1.29 is 16.8 Å². The Morgan fingerprint density at radius 1 is 1.35 bits per heavy atom. The van der Waals surface area contributed by atoms with Crippen molar-refractivity contribution >= 4 is 36.3 Å². The van der Waals surface area contributed by atoms with Crippen LogP contribution in [0.15, 0.2) is 4.34 Å². The molecule has 0 spiro atoms. The summed E-state index contributed by atoms with van der Waals surface area (Å²) in [6.45, 7) is 1.45. The van der Waals surface area contributed by atoms with Gasteiger partial charge in [-0.05, 0) is 6.92 Å². The zero-order valence-electron chi connectivity index (χ0n) is 9.11. The zero-order chi connectivity index (χ0) is 13.3. The molecule has 98 valence electrons. The summed E-state index contributed by atoms with van der Waals surface area (Å²) in [4.78, 5) is 0. The predicted octanol–water partition coefficient (Wildman–Crippen LogP) is -1.17. The average Bonchev–Trinajstić information content (AvgIpc) is 2.46. The van der Waals surface area contributed by atoms with E-state index in [0.29, 0.717) is 11.3 Å². The van der Waals surface area contributed by atoms with Gasteiger partial charge in [0.25, 0.3) is 10.0 Å². The first-order valence-corrected chi connectivity index (χ1v) is 8.75. The summed E-state index contributed by atoms with van der Waals surface area (Å²) in [5.41, 5.74) is 5.26. The third-order valence-electron chi connectivity index (χ3n) is 1.56. The monoisotopic (exact) mass is 300 g/mol. The van der Waals surface area contributed by atoms with Gasteiger partial charge >= 0.3 is 0 Å². The van der Waals surface area contributed by atoms with Crippen LogP contribution in [0.2, 0.25) is 0 Å².